The van der Waals surface area contributed by atoms with Gasteiger partial charge in [-0.15, -0.1) is 0 Å². The van der Waals surface area contributed by atoms with E-state index in [4.69, 9.17) is 9.47 Å². The molecule has 0 aliphatic carbocycles. The molecule has 0 radical (unpaired) electrons. The van der Waals surface area contributed by atoms with Crippen LogP contribution in [0, 0.1) is 0 Å². The summed E-state index contributed by atoms with van der Waals surface area (Å²) >= 11 is 0. The normalized spacial score (nSPS) is 17.5. The Labute approximate surface area is 195 Å². The monoisotopic (exact) mass is 473 g/mol. The lowest BCUT2D eigenvalue weighted by atomic mass is 10.1. The van der Waals surface area contributed by atoms with E-state index in [1.807, 2.05) is 24.3 Å². The number of benzene rings is 2. The lowest BCUT2D eigenvalue weighted by molar-refractivity contribution is -0.115. The number of nitrogens with one attached hydrogen (secondary N) is 1. The Hall–Kier alpha value is -2.62. The molecule has 0 saturated carbocycles. The third-order valence-electron chi connectivity index (χ3n) is 6.07. The van der Waals surface area contributed by atoms with E-state index in [0.29, 0.717) is 45.1 Å². The quantitative estimate of drug-likeness (QED) is 0.665. The first-order valence-corrected chi connectivity index (χ1v) is 12.8. The topological polar surface area (TPSA) is 88.2 Å². The number of hydrogen-bond donors (Lipinski definition) is 1. The van der Waals surface area contributed by atoms with E-state index in [1.165, 1.54) is 0 Å². The van der Waals surface area contributed by atoms with Gasteiger partial charge in [0.2, 0.25) is 15.9 Å². The number of ether oxygens (including phenoxy) is 2. The second-order valence-electron chi connectivity index (χ2n) is 8.32. The van der Waals surface area contributed by atoms with Gasteiger partial charge in [0, 0.05) is 26.2 Å². The summed E-state index contributed by atoms with van der Waals surface area (Å²) in [7, 11) is -2.01. The van der Waals surface area contributed by atoms with Crippen LogP contribution in [0.2, 0.25) is 0 Å². The maximum atomic E-state index is 13.2. The summed E-state index contributed by atoms with van der Waals surface area (Å²) in [6.45, 7) is 3.61. The molecule has 178 valence electrons. The molecule has 2 aromatic carbocycles. The minimum absolute atomic E-state index is 0.176. The van der Waals surface area contributed by atoms with Crippen molar-refractivity contribution in [3.05, 3.63) is 48.0 Å². The average Bonchev–Trinajstić information content (AvgIpc) is 2.85. The van der Waals surface area contributed by atoms with Gasteiger partial charge >= 0.3 is 0 Å². The molecule has 33 heavy (non-hydrogen) atoms. The molecule has 2 aromatic rings. The highest BCUT2D eigenvalue weighted by Gasteiger charge is 2.27. The standard InChI is InChI=1S/C24H31N3O5S/c1-31-20-7-5-19(6-8-20)17-24(28)25-22-18-21(33(29,30)27-11-3-2-4-12-27)9-10-23(22)26-13-15-32-16-14-26/h5-10,18H,2-4,11-17H2,1H3,(H,25,28). The summed E-state index contributed by atoms with van der Waals surface area (Å²) < 4.78 is 38.6. The summed E-state index contributed by atoms with van der Waals surface area (Å²) in [6.07, 6.45) is 2.97. The number of carbonyl (C=O) groups is 1. The van der Waals surface area contributed by atoms with Crippen LogP contribution in [-0.2, 0) is 26.0 Å². The molecule has 1 amide bonds. The van der Waals surface area contributed by atoms with Gasteiger partial charge in [0.15, 0.2) is 0 Å². The van der Waals surface area contributed by atoms with Crippen LogP contribution in [0.4, 0.5) is 11.4 Å². The third-order valence-corrected chi connectivity index (χ3v) is 7.97. The van der Waals surface area contributed by atoms with Crippen molar-refractivity contribution in [2.45, 2.75) is 30.6 Å². The van der Waals surface area contributed by atoms with Crippen LogP contribution in [0.5, 0.6) is 5.75 Å². The van der Waals surface area contributed by atoms with Crippen molar-refractivity contribution in [3.63, 3.8) is 0 Å². The largest absolute Gasteiger partial charge is 0.497 e. The van der Waals surface area contributed by atoms with E-state index in [-0.39, 0.29) is 17.2 Å². The number of piperidine rings is 1. The van der Waals surface area contributed by atoms with E-state index in [1.54, 1.807) is 29.6 Å². The van der Waals surface area contributed by atoms with Crippen molar-refractivity contribution >= 4 is 27.3 Å². The SMILES string of the molecule is COc1ccc(CC(=O)Nc2cc(S(=O)(=O)N3CCCCC3)ccc2N2CCOCC2)cc1. The molecule has 2 heterocycles. The fourth-order valence-electron chi connectivity index (χ4n) is 4.23. The maximum Gasteiger partial charge on any atom is 0.243 e. The number of rotatable bonds is 7. The van der Waals surface area contributed by atoms with E-state index in [2.05, 4.69) is 10.2 Å². The zero-order valence-corrected chi connectivity index (χ0v) is 19.8. The number of carbonyl (C=O) groups excluding carboxylic acids is 1. The van der Waals surface area contributed by atoms with Gasteiger partial charge in [-0.25, -0.2) is 8.42 Å². The summed E-state index contributed by atoms with van der Waals surface area (Å²) in [5, 5.41) is 2.96. The highest BCUT2D eigenvalue weighted by molar-refractivity contribution is 7.89. The Bertz CT molecular complexity index is 1060. The predicted octanol–water partition coefficient (Wildman–Crippen LogP) is 2.89. The van der Waals surface area contributed by atoms with E-state index in [9.17, 15) is 13.2 Å². The first-order chi connectivity index (χ1) is 16.0. The predicted molar refractivity (Wildman–Crippen MR) is 127 cm³/mol. The molecule has 8 nitrogen and oxygen atoms in total. The van der Waals surface area contributed by atoms with Crippen molar-refractivity contribution in [1.29, 1.82) is 0 Å². The molecule has 2 fully saturated rings. The summed E-state index contributed by atoms with van der Waals surface area (Å²) in [4.78, 5) is 15.2. The Balaban J connectivity index is 1.59. The molecular weight excluding hydrogens is 442 g/mol. The van der Waals surface area contributed by atoms with Crippen molar-refractivity contribution in [1.82, 2.24) is 4.31 Å². The molecule has 1 N–H and O–H groups in total. The summed E-state index contributed by atoms with van der Waals surface area (Å²) in [5.74, 6) is 0.520. The second-order valence-corrected chi connectivity index (χ2v) is 10.3. The van der Waals surface area contributed by atoms with Gasteiger partial charge in [0.25, 0.3) is 0 Å². The number of morpholine rings is 1. The van der Waals surface area contributed by atoms with Crippen molar-refractivity contribution in [2.24, 2.45) is 0 Å². The van der Waals surface area contributed by atoms with Crippen LogP contribution in [0.1, 0.15) is 24.8 Å². The molecule has 9 heteroatoms. The molecule has 0 unspecified atom stereocenters. The van der Waals surface area contributed by atoms with Crippen molar-refractivity contribution in [3.8, 4) is 5.75 Å². The molecule has 0 aromatic heterocycles. The molecule has 2 aliphatic heterocycles. The van der Waals surface area contributed by atoms with Gasteiger partial charge in [-0.1, -0.05) is 18.6 Å². The third kappa shape index (κ3) is 5.66. The fourth-order valence-corrected chi connectivity index (χ4v) is 5.78. The van der Waals surface area contributed by atoms with Crippen LogP contribution in [0.15, 0.2) is 47.4 Å². The van der Waals surface area contributed by atoms with E-state index < -0.39 is 10.0 Å². The Kier molecular flexibility index (Phi) is 7.52. The first-order valence-electron chi connectivity index (χ1n) is 11.4. The van der Waals surface area contributed by atoms with Gasteiger partial charge in [0.1, 0.15) is 5.75 Å². The van der Waals surface area contributed by atoms with Crippen LogP contribution < -0.4 is 15.0 Å². The first kappa shape index (κ1) is 23.5. The number of methoxy groups -OCH3 is 1. The lowest BCUT2D eigenvalue weighted by Gasteiger charge is -2.31. The van der Waals surface area contributed by atoms with E-state index in [0.717, 1.165) is 36.3 Å². The highest BCUT2D eigenvalue weighted by Crippen LogP contribution is 2.32. The van der Waals surface area contributed by atoms with Crippen LogP contribution >= 0.6 is 0 Å². The summed E-state index contributed by atoms with van der Waals surface area (Å²) in [6, 6.07) is 12.4. The van der Waals surface area contributed by atoms with Crippen molar-refractivity contribution < 1.29 is 22.7 Å². The Morgan fingerprint density at radius 3 is 2.36 bits per heavy atom. The van der Waals surface area contributed by atoms with Crippen LogP contribution in [0.3, 0.4) is 0 Å². The number of sulfonamides is 1. The average molecular weight is 474 g/mol. The number of nitrogens with zero attached hydrogens (tertiary/aromatic N) is 2. The lowest BCUT2D eigenvalue weighted by Crippen LogP contribution is -2.37. The molecule has 4 rings (SSSR count). The van der Waals surface area contributed by atoms with Gasteiger partial charge in [-0.05, 0) is 48.7 Å². The zero-order valence-electron chi connectivity index (χ0n) is 19.0. The van der Waals surface area contributed by atoms with Gasteiger partial charge < -0.3 is 19.7 Å². The number of hydrogen-bond acceptors (Lipinski definition) is 6. The molecular formula is C24H31N3O5S. The fraction of sp³-hybridized carbons (Fsp3) is 0.458. The zero-order chi connectivity index (χ0) is 23.3. The Morgan fingerprint density at radius 1 is 1.00 bits per heavy atom. The maximum absolute atomic E-state index is 13.2. The van der Waals surface area contributed by atoms with Crippen LogP contribution in [-0.4, -0.2) is 65.1 Å². The minimum Gasteiger partial charge on any atom is -0.497 e. The van der Waals surface area contributed by atoms with Crippen LogP contribution in [0.25, 0.3) is 0 Å². The van der Waals surface area contributed by atoms with Gasteiger partial charge in [0.05, 0.1) is 43.0 Å². The second kappa shape index (κ2) is 10.5. The van der Waals surface area contributed by atoms with Crippen molar-refractivity contribution in [2.75, 3.05) is 56.7 Å². The molecule has 2 aliphatic rings. The molecule has 2 saturated heterocycles. The van der Waals surface area contributed by atoms with E-state index >= 15 is 0 Å². The summed E-state index contributed by atoms with van der Waals surface area (Å²) in [5.41, 5.74) is 2.16. The van der Waals surface area contributed by atoms with Gasteiger partial charge in [-0.2, -0.15) is 4.31 Å². The molecule has 0 bridgehead atoms. The number of amides is 1. The van der Waals surface area contributed by atoms with Gasteiger partial charge in [-0.3, -0.25) is 4.79 Å². The number of anilines is 2. The highest BCUT2D eigenvalue weighted by atomic mass is 32.2. The molecule has 0 atom stereocenters. The Morgan fingerprint density at radius 2 is 1.70 bits per heavy atom. The minimum atomic E-state index is -3.61. The smallest absolute Gasteiger partial charge is 0.243 e. The molecule has 0 spiro atoms.